The quantitative estimate of drug-likeness (QED) is 0.599. The van der Waals surface area contributed by atoms with Gasteiger partial charge in [-0.1, -0.05) is 62.9 Å². The lowest BCUT2D eigenvalue weighted by Gasteiger charge is -2.12. The van der Waals surface area contributed by atoms with Crippen LogP contribution in [0.2, 0.25) is 0 Å². The normalized spacial score (nSPS) is 17.4. The molecule has 0 spiro atoms. The van der Waals surface area contributed by atoms with Crippen LogP contribution >= 0.6 is 0 Å². The number of hydrogen-bond acceptors (Lipinski definition) is 0. The van der Waals surface area contributed by atoms with E-state index in [1.807, 2.05) is 0 Å². The van der Waals surface area contributed by atoms with Crippen LogP contribution in [0.25, 0.3) is 11.1 Å². The van der Waals surface area contributed by atoms with E-state index in [4.69, 9.17) is 0 Å². The highest BCUT2D eigenvalue weighted by molar-refractivity contribution is 5.67. The van der Waals surface area contributed by atoms with Crippen LogP contribution in [0.1, 0.15) is 57.1 Å². The van der Waals surface area contributed by atoms with Crippen molar-refractivity contribution in [2.75, 3.05) is 0 Å². The van der Waals surface area contributed by atoms with Gasteiger partial charge in [0.15, 0.2) is 0 Å². The molecule has 1 atom stereocenters. The lowest BCUT2D eigenvalue weighted by Crippen LogP contribution is -1.96. The van der Waals surface area contributed by atoms with Crippen molar-refractivity contribution >= 4 is 0 Å². The van der Waals surface area contributed by atoms with Crippen molar-refractivity contribution in [3.8, 4) is 11.1 Å². The van der Waals surface area contributed by atoms with Gasteiger partial charge in [0, 0.05) is 29.9 Å². The summed E-state index contributed by atoms with van der Waals surface area (Å²) in [6.45, 7) is 3.49. The molecule has 1 aliphatic rings. The van der Waals surface area contributed by atoms with Crippen molar-refractivity contribution in [1.82, 2.24) is 4.57 Å². The molecule has 1 aromatic heterocycles. The van der Waals surface area contributed by atoms with Gasteiger partial charge in [0.1, 0.15) is 0 Å². The van der Waals surface area contributed by atoms with Crippen molar-refractivity contribution in [3.63, 3.8) is 0 Å². The van der Waals surface area contributed by atoms with Crippen molar-refractivity contribution in [2.24, 2.45) is 0 Å². The molecule has 0 bridgehead atoms. The van der Waals surface area contributed by atoms with Crippen LogP contribution in [0.5, 0.6) is 0 Å². The van der Waals surface area contributed by atoms with E-state index in [9.17, 15) is 0 Å². The summed E-state index contributed by atoms with van der Waals surface area (Å²) in [4.78, 5) is 0. The standard InChI is InChI=1S/C19H25N/c1-2-3-4-6-11-17-12-14-20-15-13-18(19(17)20)16-9-7-5-8-10-16/h5,7-10,13,15,17H,2-4,6,11-12,14H2,1H3. The molecule has 2 heterocycles. The first-order chi connectivity index (χ1) is 9.90. The van der Waals surface area contributed by atoms with Gasteiger partial charge in [-0.3, -0.25) is 0 Å². The topological polar surface area (TPSA) is 4.93 Å². The smallest absolute Gasteiger partial charge is 0.0285 e. The van der Waals surface area contributed by atoms with E-state index in [0.717, 1.165) is 5.92 Å². The second-order valence-electron chi connectivity index (χ2n) is 6.01. The maximum Gasteiger partial charge on any atom is 0.0285 e. The van der Waals surface area contributed by atoms with Crippen molar-refractivity contribution in [3.05, 3.63) is 48.3 Å². The molecular weight excluding hydrogens is 242 g/mol. The largest absolute Gasteiger partial charge is 0.351 e. The zero-order valence-electron chi connectivity index (χ0n) is 12.5. The molecule has 1 unspecified atom stereocenters. The van der Waals surface area contributed by atoms with E-state index in [1.165, 1.54) is 56.2 Å². The van der Waals surface area contributed by atoms with Gasteiger partial charge < -0.3 is 4.57 Å². The first-order valence-corrected chi connectivity index (χ1v) is 8.14. The number of aryl methyl sites for hydroxylation is 1. The van der Waals surface area contributed by atoms with Gasteiger partial charge in [-0.05, 0) is 24.5 Å². The second kappa shape index (κ2) is 6.30. The molecule has 20 heavy (non-hydrogen) atoms. The summed E-state index contributed by atoms with van der Waals surface area (Å²) in [6.07, 6.45) is 10.5. The Morgan fingerprint density at radius 1 is 1.05 bits per heavy atom. The van der Waals surface area contributed by atoms with Crippen molar-refractivity contribution in [1.29, 1.82) is 0 Å². The number of unbranched alkanes of at least 4 members (excludes halogenated alkanes) is 3. The highest BCUT2D eigenvalue weighted by atomic mass is 15.0. The van der Waals surface area contributed by atoms with Crippen molar-refractivity contribution in [2.45, 2.75) is 57.9 Å². The van der Waals surface area contributed by atoms with Crippen LogP contribution in [-0.4, -0.2) is 4.57 Å². The molecule has 1 nitrogen and oxygen atoms in total. The minimum absolute atomic E-state index is 0.775. The lowest BCUT2D eigenvalue weighted by molar-refractivity contribution is 0.549. The summed E-state index contributed by atoms with van der Waals surface area (Å²) in [5.41, 5.74) is 4.43. The molecule has 0 fully saturated rings. The van der Waals surface area contributed by atoms with Gasteiger partial charge in [-0.15, -0.1) is 0 Å². The SMILES string of the molecule is CCCCCCC1CCn2ccc(-c3ccccc3)c21. The Morgan fingerprint density at radius 2 is 1.90 bits per heavy atom. The highest BCUT2D eigenvalue weighted by Gasteiger charge is 2.25. The molecule has 106 valence electrons. The third-order valence-corrected chi connectivity index (χ3v) is 4.60. The van der Waals surface area contributed by atoms with Crippen LogP contribution in [-0.2, 0) is 6.54 Å². The maximum atomic E-state index is 2.48. The molecule has 2 aromatic rings. The average Bonchev–Trinajstić information content (AvgIpc) is 3.07. The molecule has 0 saturated heterocycles. The lowest BCUT2D eigenvalue weighted by atomic mass is 9.92. The predicted molar refractivity (Wildman–Crippen MR) is 86.0 cm³/mol. The van der Waals surface area contributed by atoms with E-state index >= 15 is 0 Å². The monoisotopic (exact) mass is 267 g/mol. The van der Waals surface area contributed by atoms with Crippen LogP contribution in [0.15, 0.2) is 42.6 Å². The molecule has 0 radical (unpaired) electrons. The molecule has 0 amide bonds. The Hall–Kier alpha value is -1.50. The minimum Gasteiger partial charge on any atom is -0.351 e. The summed E-state index contributed by atoms with van der Waals surface area (Å²) in [7, 11) is 0. The van der Waals surface area contributed by atoms with Crippen molar-refractivity contribution < 1.29 is 0 Å². The van der Waals surface area contributed by atoms with Gasteiger partial charge in [0.2, 0.25) is 0 Å². The molecule has 1 aromatic carbocycles. The number of rotatable bonds is 6. The molecular formula is C19H25N. The molecule has 1 heteroatoms. The Morgan fingerprint density at radius 3 is 2.70 bits per heavy atom. The van der Waals surface area contributed by atoms with E-state index in [2.05, 4.69) is 54.1 Å². The number of hydrogen-bond donors (Lipinski definition) is 0. The van der Waals surface area contributed by atoms with Crippen LogP contribution < -0.4 is 0 Å². The number of aromatic nitrogens is 1. The summed E-state index contributed by atoms with van der Waals surface area (Å²) >= 11 is 0. The summed E-state index contributed by atoms with van der Waals surface area (Å²) in [6, 6.07) is 13.2. The van der Waals surface area contributed by atoms with Gasteiger partial charge >= 0.3 is 0 Å². The molecule has 0 aliphatic carbocycles. The van der Waals surface area contributed by atoms with Crippen LogP contribution in [0.4, 0.5) is 0 Å². The van der Waals surface area contributed by atoms with E-state index < -0.39 is 0 Å². The third-order valence-electron chi connectivity index (χ3n) is 4.60. The molecule has 0 N–H and O–H groups in total. The Bertz CT molecular complexity index is 538. The second-order valence-corrected chi connectivity index (χ2v) is 6.01. The van der Waals surface area contributed by atoms with Gasteiger partial charge in [0.05, 0.1) is 0 Å². The van der Waals surface area contributed by atoms with E-state index in [-0.39, 0.29) is 0 Å². The van der Waals surface area contributed by atoms with Crippen LogP contribution in [0, 0.1) is 0 Å². The Kier molecular flexibility index (Phi) is 4.25. The van der Waals surface area contributed by atoms with Gasteiger partial charge in [0.25, 0.3) is 0 Å². The fourth-order valence-corrected chi connectivity index (χ4v) is 3.53. The fraction of sp³-hybridized carbons (Fsp3) is 0.474. The number of nitrogens with zero attached hydrogens (tertiary/aromatic N) is 1. The number of fused-ring (bicyclic) bond motifs is 1. The Balaban J connectivity index is 1.76. The van der Waals surface area contributed by atoms with E-state index in [1.54, 1.807) is 5.69 Å². The predicted octanol–water partition coefficient (Wildman–Crippen LogP) is 5.61. The Labute approximate surface area is 122 Å². The zero-order chi connectivity index (χ0) is 13.8. The van der Waals surface area contributed by atoms with Gasteiger partial charge in [-0.2, -0.15) is 0 Å². The minimum atomic E-state index is 0.775. The first kappa shape index (κ1) is 13.5. The fourth-order valence-electron chi connectivity index (χ4n) is 3.53. The summed E-state index contributed by atoms with van der Waals surface area (Å²) in [5.74, 6) is 0.775. The summed E-state index contributed by atoms with van der Waals surface area (Å²) in [5, 5.41) is 0. The molecule has 3 rings (SSSR count). The maximum absolute atomic E-state index is 2.48. The highest BCUT2D eigenvalue weighted by Crippen LogP contribution is 2.39. The van der Waals surface area contributed by atoms with E-state index in [0.29, 0.717) is 0 Å². The summed E-state index contributed by atoms with van der Waals surface area (Å²) < 4.78 is 2.48. The average molecular weight is 267 g/mol. The number of benzene rings is 1. The third kappa shape index (κ3) is 2.67. The van der Waals surface area contributed by atoms with Crippen LogP contribution in [0.3, 0.4) is 0 Å². The zero-order valence-corrected chi connectivity index (χ0v) is 12.5. The molecule has 1 aliphatic heterocycles. The first-order valence-electron chi connectivity index (χ1n) is 8.14. The molecule has 0 saturated carbocycles. The van der Waals surface area contributed by atoms with Gasteiger partial charge in [-0.25, -0.2) is 0 Å².